The molecule has 2 N–H and O–H groups in total. The van der Waals surface area contributed by atoms with Crippen molar-refractivity contribution < 1.29 is 24.0 Å². The van der Waals surface area contributed by atoms with E-state index in [4.69, 9.17) is 4.74 Å². The fraction of sp³-hybridized carbons (Fsp3) is 0.179. The van der Waals surface area contributed by atoms with Gasteiger partial charge >= 0.3 is 0 Å². The third kappa shape index (κ3) is 7.86. The Morgan fingerprint density at radius 3 is 2.27 bits per heavy atom. The Hall–Kier alpha value is -4.79. The van der Waals surface area contributed by atoms with Crippen LogP contribution in [-0.4, -0.2) is 29.1 Å². The highest BCUT2D eigenvalue weighted by Gasteiger charge is 2.16. The van der Waals surface area contributed by atoms with Crippen LogP contribution in [0.2, 0.25) is 0 Å². The van der Waals surface area contributed by atoms with Crippen LogP contribution < -0.4 is 15.4 Å². The van der Waals surface area contributed by atoms with Gasteiger partial charge in [-0.2, -0.15) is 0 Å². The standard InChI is InChI=1S/C28H27N3O6/c1-3-4-16-37-25-14-10-22(11-15-25)27(33)30-26(18-20-6-5-7-24(17-20)31(35)36)28(34)29-23-12-8-21(9-13-23)19(2)32/h5-15,17-18H,3-4,16H2,1-2H3,(H,29,34)(H,30,33)/b26-18+. The van der Waals surface area contributed by atoms with E-state index in [0.717, 1.165) is 12.8 Å². The minimum Gasteiger partial charge on any atom is -0.494 e. The van der Waals surface area contributed by atoms with Gasteiger partial charge in [0.1, 0.15) is 11.4 Å². The van der Waals surface area contributed by atoms with E-state index >= 15 is 0 Å². The van der Waals surface area contributed by atoms with Crippen LogP contribution in [0.5, 0.6) is 5.75 Å². The number of Topliss-reactive ketones (excluding diaryl/α,β-unsaturated/α-hetero) is 1. The molecule has 37 heavy (non-hydrogen) atoms. The number of ketones is 1. The predicted molar refractivity (Wildman–Crippen MR) is 140 cm³/mol. The Morgan fingerprint density at radius 1 is 0.973 bits per heavy atom. The Labute approximate surface area is 214 Å². The summed E-state index contributed by atoms with van der Waals surface area (Å²) in [5.74, 6) is -0.670. The van der Waals surface area contributed by atoms with Gasteiger partial charge in [0.2, 0.25) is 0 Å². The first-order valence-electron chi connectivity index (χ1n) is 11.7. The summed E-state index contributed by atoms with van der Waals surface area (Å²) in [5.41, 5.74) is 1.27. The van der Waals surface area contributed by atoms with Crippen molar-refractivity contribution in [2.24, 2.45) is 0 Å². The lowest BCUT2D eigenvalue weighted by atomic mass is 10.1. The Kier molecular flexibility index (Phi) is 9.26. The SMILES string of the molecule is CCCCOc1ccc(C(=O)N/C(=C/c2cccc([N+](=O)[O-])c2)C(=O)Nc2ccc(C(C)=O)cc2)cc1. The number of amides is 2. The number of nitrogens with zero attached hydrogens (tertiary/aromatic N) is 1. The molecule has 9 heteroatoms. The van der Waals surface area contributed by atoms with Gasteiger partial charge in [-0.25, -0.2) is 0 Å². The van der Waals surface area contributed by atoms with E-state index in [1.165, 1.54) is 31.2 Å². The molecule has 3 rings (SSSR count). The van der Waals surface area contributed by atoms with Crippen molar-refractivity contribution in [2.45, 2.75) is 26.7 Å². The van der Waals surface area contributed by atoms with Crippen molar-refractivity contribution >= 4 is 35.0 Å². The summed E-state index contributed by atoms with van der Waals surface area (Å²) in [6.07, 6.45) is 3.27. The molecule has 3 aromatic rings. The van der Waals surface area contributed by atoms with Crippen LogP contribution in [0, 0.1) is 10.1 Å². The van der Waals surface area contributed by atoms with Crippen molar-refractivity contribution in [3.05, 3.63) is 105 Å². The quantitative estimate of drug-likeness (QED) is 0.119. The number of carbonyl (C=O) groups is 3. The summed E-state index contributed by atoms with van der Waals surface area (Å²) in [4.78, 5) is 48.2. The summed E-state index contributed by atoms with van der Waals surface area (Å²) in [5, 5.41) is 16.4. The molecule has 0 saturated carbocycles. The van der Waals surface area contributed by atoms with Crippen molar-refractivity contribution in [3.8, 4) is 5.75 Å². The number of nitro groups is 1. The number of ether oxygens (including phenoxy) is 1. The summed E-state index contributed by atoms with van der Waals surface area (Å²) in [7, 11) is 0. The van der Waals surface area contributed by atoms with Crippen LogP contribution in [0.25, 0.3) is 6.08 Å². The molecule has 0 saturated heterocycles. The monoisotopic (exact) mass is 501 g/mol. The second kappa shape index (κ2) is 12.8. The molecule has 9 nitrogen and oxygen atoms in total. The average Bonchev–Trinajstić information content (AvgIpc) is 2.89. The maximum absolute atomic E-state index is 13.1. The average molecular weight is 502 g/mol. The van der Waals surface area contributed by atoms with Crippen molar-refractivity contribution in [1.82, 2.24) is 5.32 Å². The third-order valence-electron chi connectivity index (χ3n) is 5.32. The maximum Gasteiger partial charge on any atom is 0.272 e. The van der Waals surface area contributed by atoms with Crippen LogP contribution in [0.4, 0.5) is 11.4 Å². The number of non-ortho nitro benzene ring substituents is 1. The number of anilines is 1. The molecular formula is C28H27N3O6. The molecule has 190 valence electrons. The summed E-state index contributed by atoms with van der Waals surface area (Å²) >= 11 is 0. The van der Waals surface area contributed by atoms with Gasteiger partial charge < -0.3 is 15.4 Å². The Morgan fingerprint density at radius 2 is 1.65 bits per heavy atom. The number of benzene rings is 3. The molecular weight excluding hydrogens is 474 g/mol. The topological polar surface area (TPSA) is 128 Å². The zero-order valence-corrected chi connectivity index (χ0v) is 20.5. The van der Waals surface area contributed by atoms with Crippen LogP contribution in [0.1, 0.15) is 53.0 Å². The van der Waals surface area contributed by atoms with Gasteiger partial charge in [-0.05, 0) is 73.5 Å². The van der Waals surface area contributed by atoms with Crippen LogP contribution in [0.3, 0.4) is 0 Å². The fourth-order valence-electron chi connectivity index (χ4n) is 3.27. The van der Waals surface area contributed by atoms with Gasteiger partial charge in [0.15, 0.2) is 5.78 Å². The third-order valence-corrected chi connectivity index (χ3v) is 5.32. The largest absolute Gasteiger partial charge is 0.494 e. The first kappa shape index (κ1) is 26.8. The summed E-state index contributed by atoms with van der Waals surface area (Å²) in [6, 6.07) is 18.5. The van der Waals surface area contributed by atoms with Crippen molar-refractivity contribution in [1.29, 1.82) is 0 Å². The zero-order valence-electron chi connectivity index (χ0n) is 20.5. The Balaban J connectivity index is 1.84. The highest BCUT2D eigenvalue weighted by atomic mass is 16.6. The van der Waals surface area contributed by atoms with E-state index in [0.29, 0.717) is 34.7 Å². The smallest absolute Gasteiger partial charge is 0.272 e. The molecule has 0 aliphatic carbocycles. The predicted octanol–water partition coefficient (Wildman–Crippen LogP) is 5.39. The molecule has 3 aromatic carbocycles. The van der Waals surface area contributed by atoms with Gasteiger partial charge in [-0.3, -0.25) is 24.5 Å². The number of unbranched alkanes of at least 4 members (excludes halogenated alkanes) is 1. The number of hydrogen-bond acceptors (Lipinski definition) is 6. The molecule has 0 bridgehead atoms. The van der Waals surface area contributed by atoms with Crippen LogP contribution >= 0.6 is 0 Å². The van der Waals surface area contributed by atoms with E-state index in [-0.39, 0.29) is 17.2 Å². The molecule has 0 heterocycles. The highest BCUT2D eigenvalue weighted by molar-refractivity contribution is 6.10. The number of nitro benzene ring substituents is 1. The molecule has 2 amide bonds. The second-order valence-corrected chi connectivity index (χ2v) is 8.18. The van der Waals surface area contributed by atoms with Crippen LogP contribution in [0.15, 0.2) is 78.5 Å². The zero-order chi connectivity index (χ0) is 26.8. The molecule has 0 unspecified atom stereocenters. The molecule has 0 atom stereocenters. The van der Waals surface area contributed by atoms with Gasteiger partial charge in [0.25, 0.3) is 17.5 Å². The molecule has 0 aliphatic heterocycles. The van der Waals surface area contributed by atoms with E-state index in [2.05, 4.69) is 17.6 Å². The fourth-order valence-corrected chi connectivity index (χ4v) is 3.27. The van der Waals surface area contributed by atoms with Gasteiger partial charge in [-0.15, -0.1) is 0 Å². The molecule has 0 aliphatic rings. The molecule has 0 radical (unpaired) electrons. The lowest BCUT2D eigenvalue weighted by Gasteiger charge is -2.12. The summed E-state index contributed by atoms with van der Waals surface area (Å²) in [6.45, 7) is 4.07. The highest BCUT2D eigenvalue weighted by Crippen LogP contribution is 2.18. The first-order chi connectivity index (χ1) is 17.8. The number of nitrogens with one attached hydrogen (secondary N) is 2. The van der Waals surface area contributed by atoms with Crippen LogP contribution in [-0.2, 0) is 4.79 Å². The number of rotatable bonds is 11. The van der Waals surface area contributed by atoms with Gasteiger partial charge in [-0.1, -0.05) is 25.5 Å². The first-order valence-corrected chi connectivity index (χ1v) is 11.7. The molecule has 0 aromatic heterocycles. The normalized spacial score (nSPS) is 10.9. The van der Waals surface area contributed by atoms with Crippen molar-refractivity contribution in [2.75, 3.05) is 11.9 Å². The lowest BCUT2D eigenvalue weighted by Crippen LogP contribution is -2.30. The minimum absolute atomic E-state index is 0.113. The van der Waals surface area contributed by atoms with E-state index in [9.17, 15) is 24.5 Å². The second-order valence-electron chi connectivity index (χ2n) is 8.18. The van der Waals surface area contributed by atoms with Gasteiger partial charge in [0, 0.05) is 28.9 Å². The summed E-state index contributed by atoms with van der Waals surface area (Å²) < 4.78 is 5.62. The van der Waals surface area contributed by atoms with Gasteiger partial charge in [0.05, 0.1) is 11.5 Å². The number of carbonyl (C=O) groups excluding carboxylic acids is 3. The van der Waals surface area contributed by atoms with E-state index in [1.807, 2.05) is 0 Å². The Bertz CT molecular complexity index is 1310. The molecule has 0 spiro atoms. The maximum atomic E-state index is 13.1. The lowest BCUT2D eigenvalue weighted by molar-refractivity contribution is -0.384. The minimum atomic E-state index is -0.644. The van der Waals surface area contributed by atoms with E-state index in [1.54, 1.807) is 54.6 Å². The van der Waals surface area contributed by atoms with E-state index < -0.39 is 16.7 Å². The number of hydrogen-bond donors (Lipinski definition) is 2. The molecule has 0 fully saturated rings. The van der Waals surface area contributed by atoms with Crippen molar-refractivity contribution in [3.63, 3.8) is 0 Å².